The predicted octanol–water partition coefficient (Wildman–Crippen LogP) is 3.73. The van der Waals surface area contributed by atoms with Crippen molar-refractivity contribution in [2.45, 2.75) is 25.2 Å². The number of nitrogens with zero attached hydrogens (tertiary/aromatic N) is 4. The van der Waals surface area contributed by atoms with Crippen LogP contribution in [0.3, 0.4) is 0 Å². The summed E-state index contributed by atoms with van der Waals surface area (Å²) in [6, 6.07) is 12.9. The van der Waals surface area contributed by atoms with Crippen LogP contribution in [0.5, 0.6) is 0 Å². The topological polar surface area (TPSA) is 72.1 Å². The maximum absolute atomic E-state index is 12.7. The Kier molecular flexibility index (Phi) is 5.16. The van der Waals surface area contributed by atoms with Crippen molar-refractivity contribution < 1.29 is 9.32 Å². The molecule has 4 rings (SSSR count). The lowest BCUT2D eigenvalue weighted by molar-refractivity contribution is -0.131. The Morgan fingerprint density at radius 1 is 1.22 bits per heavy atom. The number of halogens is 1. The van der Waals surface area contributed by atoms with Gasteiger partial charge in [-0.1, -0.05) is 35.0 Å². The quantitative estimate of drug-likeness (QED) is 0.687. The van der Waals surface area contributed by atoms with Gasteiger partial charge in [0.25, 0.3) is 5.89 Å². The van der Waals surface area contributed by atoms with Crippen molar-refractivity contribution in [3.63, 3.8) is 0 Å². The maximum atomic E-state index is 12.7. The number of rotatable bonds is 4. The summed E-state index contributed by atoms with van der Waals surface area (Å²) in [6.45, 7) is 1.36. The lowest BCUT2D eigenvalue weighted by Gasteiger charge is -2.31. The average molecular weight is 383 g/mol. The highest BCUT2D eigenvalue weighted by molar-refractivity contribution is 6.30. The molecule has 0 aliphatic carbocycles. The number of amides is 1. The van der Waals surface area contributed by atoms with E-state index >= 15 is 0 Å². The molecule has 0 saturated carbocycles. The summed E-state index contributed by atoms with van der Waals surface area (Å²) in [5.41, 5.74) is 1.62. The molecule has 0 radical (unpaired) electrons. The van der Waals surface area contributed by atoms with E-state index in [-0.39, 0.29) is 11.8 Å². The van der Waals surface area contributed by atoms with Crippen molar-refractivity contribution in [3.05, 3.63) is 65.1 Å². The molecule has 1 aliphatic heterocycles. The molecule has 0 bridgehead atoms. The molecule has 1 atom stereocenters. The van der Waals surface area contributed by atoms with Crippen molar-refractivity contribution in [1.82, 2.24) is 20.0 Å². The Hall–Kier alpha value is -2.73. The number of benzene rings is 1. The summed E-state index contributed by atoms with van der Waals surface area (Å²) in [6.07, 6.45) is 3.92. The van der Waals surface area contributed by atoms with Gasteiger partial charge in [0.05, 0.1) is 6.42 Å². The third kappa shape index (κ3) is 4.17. The zero-order valence-corrected chi connectivity index (χ0v) is 15.5. The van der Waals surface area contributed by atoms with Crippen LogP contribution in [0.1, 0.15) is 30.1 Å². The summed E-state index contributed by atoms with van der Waals surface area (Å²) in [5, 5.41) is 4.80. The zero-order chi connectivity index (χ0) is 18.6. The van der Waals surface area contributed by atoms with Crippen LogP contribution >= 0.6 is 11.6 Å². The molecule has 6 nitrogen and oxygen atoms in total. The molecule has 1 unspecified atom stereocenters. The average Bonchev–Trinajstić information content (AvgIpc) is 3.21. The first-order valence-electron chi connectivity index (χ1n) is 8.96. The Bertz CT molecular complexity index is 911. The molecule has 1 saturated heterocycles. The minimum Gasteiger partial charge on any atom is -0.342 e. The number of aromatic nitrogens is 3. The van der Waals surface area contributed by atoms with Crippen LogP contribution in [0.2, 0.25) is 5.02 Å². The fraction of sp³-hybridized carbons (Fsp3) is 0.300. The number of piperidine rings is 1. The van der Waals surface area contributed by atoms with Crippen molar-refractivity contribution in [2.75, 3.05) is 13.1 Å². The van der Waals surface area contributed by atoms with Gasteiger partial charge in [-0.05, 0) is 42.7 Å². The molecule has 7 heteroatoms. The number of likely N-dealkylation sites (tertiary alicyclic amines) is 1. The number of carbonyl (C=O) groups is 1. The highest BCUT2D eigenvalue weighted by atomic mass is 35.5. The smallest absolute Gasteiger partial charge is 0.276 e. The monoisotopic (exact) mass is 382 g/mol. The molecular formula is C20H19ClN4O2. The van der Waals surface area contributed by atoms with Crippen LogP contribution in [0, 0.1) is 0 Å². The third-order valence-corrected chi connectivity index (χ3v) is 4.99. The summed E-state index contributed by atoms with van der Waals surface area (Å²) in [4.78, 5) is 23.3. The van der Waals surface area contributed by atoms with Crippen LogP contribution in [-0.2, 0) is 11.2 Å². The maximum Gasteiger partial charge on any atom is 0.276 e. The van der Waals surface area contributed by atoms with E-state index in [1.54, 1.807) is 6.20 Å². The van der Waals surface area contributed by atoms with Gasteiger partial charge in [-0.15, -0.1) is 0 Å². The molecule has 3 aromatic rings. The molecule has 1 amide bonds. The lowest BCUT2D eigenvalue weighted by Crippen LogP contribution is -2.40. The summed E-state index contributed by atoms with van der Waals surface area (Å²) >= 11 is 5.91. The Morgan fingerprint density at radius 3 is 2.85 bits per heavy atom. The zero-order valence-electron chi connectivity index (χ0n) is 14.7. The fourth-order valence-corrected chi connectivity index (χ4v) is 3.42. The number of hydrogen-bond acceptors (Lipinski definition) is 5. The Morgan fingerprint density at radius 2 is 2.07 bits per heavy atom. The predicted molar refractivity (Wildman–Crippen MR) is 101 cm³/mol. The second-order valence-electron chi connectivity index (χ2n) is 6.65. The van der Waals surface area contributed by atoms with Gasteiger partial charge >= 0.3 is 0 Å². The molecular weight excluding hydrogens is 364 g/mol. The first-order chi connectivity index (χ1) is 13.2. The van der Waals surface area contributed by atoms with E-state index in [0.717, 1.165) is 24.9 Å². The lowest BCUT2D eigenvalue weighted by atomic mass is 9.96. The minimum atomic E-state index is 0.0779. The summed E-state index contributed by atoms with van der Waals surface area (Å²) in [7, 11) is 0. The van der Waals surface area contributed by atoms with Crippen molar-refractivity contribution in [3.8, 4) is 11.6 Å². The Balaban J connectivity index is 1.43. The second-order valence-corrected chi connectivity index (χ2v) is 7.09. The largest absolute Gasteiger partial charge is 0.342 e. The van der Waals surface area contributed by atoms with Crippen molar-refractivity contribution in [2.24, 2.45) is 0 Å². The van der Waals surface area contributed by atoms with Gasteiger partial charge in [0.15, 0.2) is 5.82 Å². The van der Waals surface area contributed by atoms with Gasteiger partial charge < -0.3 is 9.42 Å². The van der Waals surface area contributed by atoms with Gasteiger partial charge in [0.2, 0.25) is 5.91 Å². The van der Waals surface area contributed by atoms with Gasteiger partial charge in [0.1, 0.15) is 5.69 Å². The van der Waals surface area contributed by atoms with E-state index in [4.69, 9.17) is 16.1 Å². The first-order valence-corrected chi connectivity index (χ1v) is 9.34. The van der Waals surface area contributed by atoms with Gasteiger partial charge in [-0.3, -0.25) is 9.78 Å². The standard InChI is InChI=1S/C20H19ClN4O2/c21-16-8-6-14(7-9-16)12-18(26)25-11-3-4-15(13-25)19-23-20(27-24-19)17-5-1-2-10-22-17/h1-2,5-10,15H,3-4,11-13H2. The normalized spacial score (nSPS) is 17.1. The van der Waals surface area contributed by atoms with Crippen LogP contribution < -0.4 is 0 Å². The number of carbonyl (C=O) groups excluding carboxylic acids is 1. The Labute approximate surface area is 162 Å². The van der Waals surface area contributed by atoms with E-state index in [9.17, 15) is 4.79 Å². The SMILES string of the molecule is O=C(Cc1ccc(Cl)cc1)N1CCCC(c2noc(-c3ccccn3)n2)C1. The molecule has 138 valence electrons. The second kappa shape index (κ2) is 7.88. The molecule has 27 heavy (non-hydrogen) atoms. The molecule has 0 spiro atoms. The van der Waals surface area contributed by atoms with E-state index in [1.807, 2.05) is 47.4 Å². The summed E-state index contributed by atoms with van der Waals surface area (Å²) < 4.78 is 5.37. The van der Waals surface area contributed by atoms with E-state index in [1.165, 1.54) is 0 Å². The van der Waals surface area contributed by atoms with Crippen LogP contribution in [0.4, 0.5) is 0 Å². The molecule has 1 aliphatic rings. The molecule has 1 aromatic carbocycles. The molecule has 2 aromatic heterocycles. The molecule has 0 N–H and O–H groups in total. The van der Waals surface area contributed by atoms with Crippen LogP contribution in [-0.4, -0.2) is 39.0 Å². The van der Waals surface area contributed by atoms with Crippen LogP contribution in [0.25, 0.3) is 11.6 Å². The summed E-state index contributed by atoms with van der Waals surface area (Å²) in [5.74, 6) is 1.24. The fourth-order valence-electron chi connectivity index (χ4n) is 3.30. The minimum absolute atomic E-state index is 0.0779. The first kappa shape index (κ1) is 17.7. The number of hydrogen-bond donors (Lipinski definition) is 0. The highest BCUT2D eigenvalue weighted by Gasteiger charge is 2.28. The molecule has 3 heterocycles. The van der Waals surface area contributed by atoms with Gasteiger partial charge in [-0.25, -0.2) is 0 Å². The van der Waals surface area contributed by atoms with Gasteiger partial charge in [0, 0.05) is 30.2 Å². The number of pyridine rings is 1. The third-order valence-electron chi connectivity index (χ3n) is 4.73. The van der Waals surface area contributed by atoms with E-state index in [2.05, 4.69) is 15.1 Å². The highest BCUT2D eigenvalue weighted by Crippen LogP contribution is 2.27. The van der Waals surface area contributed by atoms with Crippen LogP contribution in [0.15, 0.2) is 53.2 Å². The van der Waals surface area contributed by atoms with Crippen molar-refractivity contribution in [1.29, 1.82) is 0 Å². The molecule has 1 fully saturated rings. The van der Waals surface area contributed by atoms with Gasteiger partial charge in [-0.2, -0.15) is 4.98 Å². The van der Waals surface area contributed by atoms with E-state index in [0.29, 0.717) is 35.4 Å². The van der Waals surface area contributed by atoms with E-state index < -0.39 is 0 Å². The van der Waals surface area contributed by atoms with Crippen molar-refractivity contribution >= 4 is 17.5 Å².